The van der Waals surface area contributed by atoms with Gasteiger partial charge in [0.05, 0.1) is 0 Å². The van der Waals surface area contributed by atoms with Gasteiger partial charge in [-0.25, -0.2) is 4.79 Å². The van der Waals surface area contributed by atoms with Gasteiger partial charge in [0.2, 0.25) is 0 Å². The molecule has 0 aliphatic heterocycles. The second-order valence-electron chi connectivity index (χ2n) is 1.34. The molecule has 0 amide bonds. The second-order valence-corrected chi connectivity index (χ2v) is 2.05. The number of aliphatic carboxylic acids is 1. The summed E-state index contributed by atoms with van der Waals surface area (Å²) < 4.78 is 0. The van der Waals surface area contributed by atoms with Crippen LogP contribution in [0.25, 0.3) is 0 Å². The van der Waals surface area contributed by atoms with Crippen LogP contribution in [0.15, 0.2) is 11.0 Å². The molecule has 0 fully saturated rings. The molecule has 2 nitrogen and oxygen atoms in total. The van der Waals surface area contributed by atoms with Crippen molar-refractivity contribution < 1.29 is 9.90 Å². The van der Waals surface area contributed by atoms with E-state index in [-0.39, 0.29) is 0 Å². The summed E-state index contributed by atoms with van der Waals surface area (Å²) in [6.07, 6.45) is 1.83. The summed E-state index contributed by atoms with van der Waals surface area (Å²) in [7, 11) is 0. The molecule has 0 atom stereocenters. The molecule has 0 aliphatic rings. The van der Waals surface area contributed by atoms with Crippen molar-refractivity contribution in [2.45, 2.75) is 6.92 Å². The van der Waals surface area contributed by atoms with Gasteiger partial charge in [-0.1, -0.05) is 0 Å². The maximum absolute atomic E-state index is 10.0. The number of hydrogen-bond donors (Lipinski definition) is 1. The van der Waals surface area contributed by atoms with Crippen LogP contribution in [0, 0.1) is 0 Å². The van der Waals surface area contributed by atoms with Gasteiger partial charge >= 0.3 is 5.97 Å². The fraction of sp³-hybridized carbons (Fsp3) is 0.400. The van der Waals surface area contributed by atoms with Crippen LogP contribution in [0.5, 0.6) is 0 Å². The van der Waals surface area contributed by atoms with Gasteiger partial charge in [0.1, 0.15) is 0 Å². The van der Waals surface area contributed by atoms with E-state index in [1.807, 2.05) is 6.26 Å². The standard InChI is InChI=1S/C5H8O2S/c1-4(3-8-2)5(6)7/h3H,1-2H3,(H,6,7)/b4-3+. The van der Waals surface area contributed by atoms with Crippen molar-refractivity contribution in [3.05, 3.63) is 11.0 Å². The van der Waals surface area contributed by atoms with Gasteiger partial charge in [0.25, 0.3) is 0 Å². The largest absolute Gasteiger partial charge is 0.478 e. The van der Waals surface area contributed by atoms with Crippen molar-refractivity contribution in [2.24, 2.45) is 0 Å². The summed E-state index contributed by atoms with van der Waals surface area (Å²) >= 11 is 1.40. The number of carboxylic acids is 1. The van der Waals surface area contributed by atoms with Crippen LogP contribution in [-0.4, -0.2) is 17.3 Å². The van der Waals surface area contributed by atoms with E-state index in [2.05, 4.69) is 0 Å². The van der Waals surface area contributed by atoms with Crippen molar-refractivity contribution in [1.29, 1.82) is 0 Å². The molecule has 0 spiro atoms. The monoisotopic (exact) mass is 132 g/mol. The Balaban J connectivity index is 3.80. The van der Waals surface area contributed by atoms with Crippen LogP contribution in [0.1, 0.15) is 6.92 Å². The number of carbonyl (C=O) groups is 1. The van der Waals surface area contributed by atoms with Gasteiger partial charge in [-0.2, -0.15) is 0 Å². The minimum absolute atomic E-state index is 0.387. The van der Waals surface area contributed by atoms with Gasteiger partial charge in [0.15, 0.2) is 0 Å². The Labute approximate surface area is 52.6 Å². The first kappa shape index (κ1) is 7.56. The first-order chi connectivity index (χ1) is 3.68. The first-order valence-electron chi connectivity index (χ1n) is 2.11. The molecule has 3 heteroatoms. The quantitative estimate of drug-likeness (QED) is 0.576. The van der Waals surface area contributed by atoms with Crippen molar-refractivity contribution in [3.8, 4) is 0 Å². The average Bonchev–Trinajstić information content (AvgIpc) is 1.67. The summed E-state index contributed by atoms with van der Waals surface area (Å²) in [6.45, 7) is 1.57. The lowest BCUT2D eigenvalue weighted by molar-refractivity contribution is -0.132. The van der Waals surface area contributed by atoms with Crippen molar-refractivity contribution in [2.75, 3.05) is 6.26 Å². The molecule has 0 aliphatic carbocycles. The van der Waals surface area contributed by atoms with E-state index < -0.39 is 5.97 Å². The Bertz CT molecular complexity index is 118. The Morgan fingerprint density at radius 1 is 1.75 bits per heavy atom. The van der Waals surface area contributed by atoms with Crippen LogP contribution in [0.3, 0.4) is 0 Å². The van der Waals surface area contributed by atoms with Gasteiger partial charge in [-0.3, -0.25) is 0 Å². The molecule has 0 saturated heterocycles. The van der Waals surface area contributed by atoms with Crippen LogP contribution in [0.4, 0.5) is 0 Å². The summed E-state index contributed by atoms with van der Waals surface area (Å²) in [5.41, 5.74) is 0.387. The van der Waals surface area contributed by atoms with Crippen LogP contribution in [0.2, 0.25) is 0 Å². The minimum Gasteiger partial charge on any atom is -0.478 e. The number of rotatable bonds is 2. The summed E-state index contributed by atoms with van der Waals surface area (Å²) in [5, 5.41) is 9.83. The molecule has 0 radical (unpaired) electrons. The molecule has 8 heavy (non-hydrogen) atoms. The molecule has 0 bridgehead atoms. The zero-order chi connectivity index (χ0) is 6.57. The van der Waals surface area contributed by atoms with Gasteiger partial charge < -0.3 is 5.11 Å². The van der Waals surface area contributed by atoms with Gasteiger partial charge in [0, 0.05) is 5.57 Å². The van der Waals surface area contributed by atoms with E-state index >= 15 is 0 Å². The van der Waals surface area contributed by atoms with E-state index in [9.17, 15) is 4.79 Å². The SMILES string of the molecule is CS/C=C(\C)C(=O)O. The fourth-order valence-electron chi connectivity index (χ4n) is 0.227. The average molecular weight is 132 g/mol. The lowest BCUT2D eigenvalue weighted by Crippen LogP contribution is -1.94. The summed E-state index contributed by atoms with van der Waals surface area (Å²) in [5.74, 6) is -0.848. The highest BCUT2D eigenvalue weighted by atomic mass is 32.2. The zero-order valence-corrected chi connectivity index (χ0v) is 5.66. The van der Waals surface area contributed by atoms with E-state index in [0.29, 0.717) is 5.57 Å². The van der Waals surface area contributed by atoms with Crippen LogP contribution in [-0.2, 0) is 4.79 Å². The van der Waals surface area contributed by atoms with E-state index in [1.165, 1.54) is 11.8 Å². The highest BCUT2D eigenvalue weighted by Gasteiger charge is 1.95. The molecular weight excluding hydrogens is 124 g/mol. The first-order valence-corrected chi connectivity index (χ1v) is 3.40. The Morgan fingerprint density at radius 2 is 2.25 bits per heavy atom. The normalized spacial score (nSPS) is 11.5. The smallest absolute Gasteiger partial charge is 0.331 e. The molecule has 0 aromatic carbocycles. The minimum atomic E-state index is -0.848. The van der Waals surface area contributed by atoms with Crippen LogP contribution < -0.4 is 0 Å². The highest BCUT2D eigenvalue weighted by Crippen LogP contribution is 2.00. The number of carboxylic acid groups (broad SMARTS) is 1. The molecule has 0 unspecified atom stereocenters. The topological polar surface area (TPSA) is 37.3 Å². The van der Waals surface area contributed by atoms with Gasteiger partial charge in [-0.05, 0) is 18.6 Å². The molecule has 0 aromatic heterocycles. The second kappa shape index (κ2) is 3.55. The molecule has 1 N–H and O–H groups in total. The third kappa shape index (κ3) is 2.69. The molecular formula is C5H8O2S. The predicted octanol–water partition coefficient (Wildman–Crippen LogP) is 1.34. The molecule has 46 valence electrons. The lowest BCUT2D eigenvalue weighted by atomic mass is 10.4. The molecule has 0 aromatic rings. The van der Waals surface area contributed by atoms with Gasteiger partial charge in [-0.15, -0.1) is 11.8 Å². The number of thioether (sulfide) groups is 1. The maximum atomic E-state index is 10.0. The molecule has 0 heterocycles. The summed E-state index contributed by atoms with van der Waals surface area (Å²) in [4.78, 5) is 10.0. The summed E-state index contributed by atoms with van der Waals surface area (Å²) in [6, 6.07) is 0. The van der Waals surface area contributed by atoms with E-state index in [1.54, 1.807) is 12.3 Å². The lowest BCUT2D eigenvalue weighted by Gasteiger charge is -1.86. The third-order valence-corrected chi connectivity index (χ3v) is 1.22. The van der Waals surface area contributed by atoms with E-state index in [4.69, 9.17) is 5.11 Å². The highest BCUT2D eigenvalue weighted by molar-refractivity contribution is 8.01. The Hall–Kier alpha value is -0.440. The Morgan fingerprint density at radius 3 is 2.38 bits per heavy atom. The molecule has 0 saturated carbocycles. The van der Waals surface area contributed by atoms with E-state index in [0.717, 1.165) is 0 Å². The zero-order valence-electron chi connectivity index (χ0n) is 4.84. The fourth-order valence-corrected chi connectivity index (χ4v) is 0.682. The maximum Gasteiger partial charge on any atom is 0.331 e. The van der Waals surface area contributed by atoms with Crippen molar-refractivity contribution in [1.82, 2.24) is 0 Å². The van der Waals surface area contributed by atoms with Crippen LogP contribution >= 0.6 is 11.8 Å². The van der Waals surface area contributed by atoms with Crippen molar-refractivity contribution in [3.63, 3.8) is 0 Å². The molecule has 0 rings (SSSR count). The number of hydrogen-bond acceptors (Lipinski definition) is 2. The predicted molar refractivity (Wildman–Crippen MR) is 34.9 cm³/mol. The third-order valence-electron chi connectivity index (χ3n) is 0.632. The van der Waals surface area contributed by atoms with Crippen molar-refractivity contribution >= 4 is 17.7 Å². The Kier molecular flexibility index (Phi) is 3.35.